The van der Waals surface area contributed by atoms with Crippen LogP contribution in [0.15, 0.2) is 6.20 Å². The molecule has 0 aromatic carbocycles. The van der Waals surface area contributed by atoms with E-state index >= 15 is 0 Å². The van der Waals surface area contributed by atoms with Gasteiger partial charge in [0.25, 0.3) is 0 Å². The van der Waals surface area contributed by atoms with Gasteiger partial charge in [-0.1, -0.05) is 33.1 Å². The van der Waals surface area contributed by atoms with Crippen molar-refractivity contribution < 1.29 is 13.2 Å². The number of hydrogen-bond acceptors (Lipinski definition) is 4. The number of unbranched alkanes of at least 4 members (excludes halogenated alkanes) is 1. The molecule has 0 amide bonds. The van der Waals surface area contributed by atoms with Crippen molar-refractivity contribution in [3.05, 3.63) is 16.1 Å². The molecule has 3 N–H and O–H groups in total. The highest BCUT2D eigenvalue weighted by atomic mass is 32.1. The minimum Gasteiger partial charge on any atom is -0.271 e. The molecule has 0 aliphatic carbocycles. The zero-order valence-electron chi connectivity index (χ0n) is 11.1. The molecule has 0 bridgehead atoms. The lowest BCUT2D eigenvalue weighted by molar-refractivity contribution is -0.137. The number of hydrogen-bond donors (Lipinski definition) is 2. The van der Waals surface area contributed by atoms with Crippen LogP contribution in [0, 0.1) is 5.92 Å². The number of aromatic nitrogens is 1. The average molecular weight is 295 g/mol. The standard InChI is InChI=1S/C12H20F3N3S/c1-3-5-6-8(4-2)10(18-16)9-7-17-11(19-9)12(13,14)15/h7-8,10,18H,3-6,16H2,1-2H3. The number of rotatable bonds is 7. The van der Waals surface area contributed by atoms with Crippen LogP contribution >= 0.6 is 11.3 Å². The number of thiazole rings is 1. The van der Waals surface area contributed by atoms with E-state index < -0.39 is 11.2 Å². The summed E-state index contributed by atoms with van der Waals surface area (Å²) in [6, 6.07) is -0.259. The molecule has 0 fully saturated rings. The van der Waals surface area contributed by atoms with Crippen molar-refractivity contribution in [2.45, 2.75) is 51.7 Å². The molecule has 0 aliphatic rings. The van der Waals surface area contributed by atoms with Gasteiger partial charge in [0, 0.05) is 11.1 Å². The Morgan fingerprint density at radius 1 is 1.42 bits per heavy atom. The van der Waals surface area contributed by atoms with Gasteiger partial charge in [0.05, 0.1) is 6.04 Å². The quantitative estimate of drug-likeness (QED) is 0.593. The van der Waals surface area contributed by atoms with Gasteiger partial charge in [-0.05, 0) is 12.3 Å². The predicted molar refractivity (Wildman–Crippen MR) is 70.5 cm³/mol. The van der Waals surface area contributed by atoms with E-state index in [1.807, 2.05) is 6.92 Å². The van der Waals surface area contributed by atoms with Gasteiger partial charge in [0.2, 0.25) is 0 Å². The number of nitrogens with zero attached hydrogens (tertiary/aromatic N) is 1. The van der Waals surface area contributed by atoms with Crippen LogP contribution in [0.2, 0.25) is 0 Å². The smallest absolute Gasteiger partial charge is 0.271 e. The summed E-state index contributed by atoms with van der Waals surface area (Å²) in [5.74, 6) is 5.75. The number of halogens is 3. The van der Waals surface area contributed by atoms with Gasteiger partial charge < -0.3 is 0 Å². The summed E-state index contributed by atoms with van der Waals surface area (Å²) in [5.41, 5.74) is 2.65. The molecule has 0 aliphatic heterocycles. The van der Waals surface area contributed by atoms with Crippen LogP contribution in [0.5, 0.6) is 0 Å². The third-order valence-electron chi connectivity index (χ3n) is 3.18. The van der Waals surface area contributed by atoms with Crippen molar-refractivity contribution in [2.75, 3.05) is 0 Å². The number of nitrogens with two attached hydrogens (primary N) is 1. The van der Waals surface area contributed by atoms with Crippen molar-refractivity contribution in [1.82, 2.24) is 10.4 Å². The van der Waals surface area contributed by atoms with E-state index in [1.165, 1.54) is 6.20 Å². The normalized spacial score (nSPS) is 15.5. The van der Waals surface area contributed by atoms with Crippen molar-refractivity contribution >= 4 is 11.3 Å². The van der Waals surface area contributed by atoms with Crippen molar-refractivity contribution in [3.63, 3.8) is 0 Å². The van der Waals surface area contributed by atoms with Crippen LogP contribution < -0.4 is 11.3 Å². The third-order valence-corrected chi connectivity index (χ3v) is 4.30. The lowest BCUT2D eigenvalue weighted by atomic mass is 9.91. The molecule has 0 saturated heterocycles. The van der Waals surface area contributed by atoms with Gasteiger partial charge in [-0.15, -0.1) is 11.3 Å². The van der Waals surface area contributed by atoms with Gasteiger partial charge in [-0.3, -0.25) is 11.3 Å². The Hall–Kier alpha value is -0.660. The van der Waals surface area contributed by atoms with Crippen LogP contribution in [-0.2, 0) is 6.18 Å². The Bertz CT molecular complexity index is 379. The minimum atomic E-state index is -4.38. The molecule has 2 unspecified atom stereocenters. The molecule has 1 aromatic rings. The van der Waals surface area contributed by atoms with Gasteiger partial charge in [-0.2, -0.15) is 13.2 Å². The Morgan fingerprint density at radius 3 is 2.53 bits per heavy atom. The van der Waals surface area contributed by atoms with Crippen molar-refractivity contribution in [3.8, 4) is 0 Å². The largest absolute Gasteiger partial charge is 0.443 e. The molecule has 7 heteroatoms. The second-order valence-corrected chi connectivity index (χ2v) is 5.58. The van der Waals surface area contributed by atoms with Crippen LogP contribution in [0.4, 0.5) is 13.2 Å². The minimum absolute atomic E-state index is 0.228. The summed E-state index contributed by atoms with van der Waals surface area (Å²) in [6.45, 7) is 4.11. The van der Waals surface area contributed by atoms with E-state index in [0.29, 0.717) is 16.2 Å². The van der Waals surface area contributed by atoms with E-state index in [-0.39, 0.29) is 12.0 Å². The molecule has 1 aromatic heterocycles. The first-order chi connectivity index (χ1) is 8.93. The maximum atomic E-state index is 12.6. The van der Waals surface area contributed by atoms with E-state index in [9.17, 15) is 13.2 Å². The molecule has 0 radical (unpaired) electrons. The Labute approximate surface area is 115 Å². The maximum Gasteiger partial charge on any atom is 0.443 e. The fourth-order valence-corrected chi connectivity index (χ4v) is 3.02. The predicted octanol–water partition coefficient (Wildman–Crippen LogP) is 3.88. The van der Waals surface area contributed by atoms with Crippen LogP contribution in [0.3, 0.4) is 0 Å². The van der Waals surface area contributed by atoms with Crippen LogP contribution in [-0.4, -0.2) is 4.98 Å². The molecule has 2 atom stereocenters. The Morgan fingerprint density at radius 2 is 2.11 bits per heavy atom. The van der Waals surface area contributed by atoms with Gasteiger partial charge in [0.15, 0.2) is 5.01 Å². The average Bonchev–Trinajstić information content (AvgIpc) is 2.83. The first-order valence-electron chi connectivity index (χ1n) is 6.43. The zero-order valence-corrected chi connectivity index (χ0v) is 11.9. The molecule has 110 valence electrons. The molecule has 19 heavy (non-hydrogen) atoms. The topological polar surface area (TPSA) is 50.9 Å². The van der Waals surface area contributed by atoms with Gasteiger partial charge in [0.1, 0.15) is 0 Å². The Balaban J connectivity index is 2.86. The number of nitrogens with one attached hydrogen (secondary N) is 1. The maximum absolute atomic E-state index is 12.6. The lowest BCUT2D eigenvalue weighted by Crippen LogP contribution is -2.33. The summed E-state index contributed by atoms with van der Waals surface area (Å²) in [5, 5.41) is -0.812. The summed E-state index contributed by atoms with van der Waals surface area (Å²) in [4.78, 5) is 4.00. The summed E-state index contributed by atoms with van der Waals surface area (Å²) in [7, 11) is 0. The Kier molecular flexibility index (Phi) is 6.22. The highest BCUT2D eigenvalue weighted by Crippen LogP contribution is 2.37. The van der Waals surface area contributed by atoms with E-state index in [2.05, 4.69) is 17.3 Å². The molecule has 1 heterocycles. The number of hydrazine groups is 1. The van der Waals surface area contributed by atoms with Crippen LogP contribution in [0.25, 0.3) is 0 Å². The van der Waals surface area contributed by atoms with Crippen molar-refractivity contribution in [2.24, 2.45) is 11.8 Å². The summed E-state index contributed by atoms with van der Waals surface area (Å²) >= 11 is 0.671. The summed E-state index contributed by atoms with van der Waals surface area (Å²) in [6.07, 6.45) is 0.820. The second kappa shape index (κ2) is 7.21. The SMILES string of the molecule is CCCCC(CC)C(NN)c1cnc(C(F)(F)F)s1. The molecule has 0 saturated carbocycles. The van der Waals surface area contributed by atoms with Gasteiger partial charge in [-0.25, -0.2) is 4.98 Å². The van der Waals surface area contributed by atoms with E-state index in [4.69, 9.17) is 5.84 Å². The molecule has 0 spiro atoms. The first kappa shape index (κ1) is 16.4. The fourth-order valence-electron chi connectivity index (χ4n) is 2.08. The monoisotopic (exact) mass is 295 g/mol. The molecule has 3 nitrogen and oxygen atoms in total. The van der Waals surface area contributed by atoms with Gasteiger partial charge >= 0.3 is 6.18 Å². The highest BCUT2D eigenvalue weighted by Gasteiger charge is 2.35. The second-order valence-electron chi connectivity index (χ2n) is 4.52. The third kappa shape index (κ3) is 4.43. The van der Waals surface area contributed by atoms with E-state index in [0.717, 1.165) is 25.7 Å². The molecular formula is C12H20F3N3S. The lowest BCUT2D eigenvalue weighted by Gasteiger charge is -2.24. The summed E-state index contributed by atoms with van der Waals surface area (Å²) < 4.78 is 37.7. The first-order valence-corrected chi connectivity index (χ1v) is 7.24. The number of alkyl halides is 3. The zero-order chi connectivity index (χ0) is 14.5. The van der Waals surface area contributed by atoms with E-state index in [1.54, 1.807) is 0 Å². The molecular weight excluding hydrogens is 275 g/mol. The molecule has 1 rings (SSSR count). The van der Waals surface area contributed by atoms with Crippen LogP contribution in [0.1, 0.15) is 55.5 Å². The fraction of sp³-hybridized carbons (Fsp3) is 0.750. The van der Waals surface area contributed by atoms with Crippen molar-refractivity contribution in [1.29, 1.82) is 0 Å². The highest BCUT2D eigenvalue weighted by molar-refractivity contribution is 7.11.